The first-order valence-electron chi connectivity index (χ1n) is 12.0. The van der Waals surface area contributed by atoms with E-state index < -0.39 is 6.10 Å². The molecule has 3 atom stereocenters. The van der Waals surface area contributed by atoms with Gasteiger partial charge in [0.15, 0.2) is 0 Å². The maximum atomic E-state index is 13.6. The van der Waals surface area contributed by atoms with Crippen molar-refractivity contribution in [1.29, 1.82) is 0 Å². The molecule has 0 radical (unpaired) electrons. The van der Waals surface area contributed by atoms with E-state index in [0.29, 0.717) is 18.9 Å². The molecule has 3 aliphatic rings. The largest absolute Gasteiger partial charge is 0.508 e. The van der Waals surface area contributed by atoms with Crippen molar-refractivity contribution in [2.45, 2.75) is 77.9 Å². The number of phenols is 1. The maximum Gasteiger partial charge on any atom is 0.250 e. The lowest BCUT2D eigenvalue weighted by Gasteiger charge is -2.43. The Hall–Kier alpha value is -2.33. The number of aliphatic hydroxyl groups is 1. The average Bonchev–Trinajstić information content (AvgIpc) is 2.98. The molecule has 2 N–H and O–H groups in total. The van der Waals surface area contributed by atoms with Crippen LogP contribution in [0.1, 0.15) is 64.9 Å². The Morgan fingerprint density at radius 1 is 1.12 bits per heavy atom. The number of phenolic OH excluding ortho intramolecular Hbond substituents is 1. The highest BCUT2D eigenvalue weighted by atomic mass is 16.3. The molecule has 1 aromatic rings. The number of aliphatic hydroxyl groups excluding tert-OH is 1. The minimum atomic E-state index is -0.509. The molecule has 0 saturated carbocycles. The number of carbonyl (C=O) groups excluding carboxylic acids is 1. The molecule has 2 bridgehead atoms. The predicted octanol–water partition coefficient (Wildman–Crippen LogP) is 5.32. The van der Waals surface area contributed by atoms with Gasteiger partial charge in [0.2, 0.25) is 5.91 Å². The molecule has 4 heteroatoms. The molecule has 2 aliphatic carbocycles. The fourth-order valence-corrected chi connectivity index (χ4v) is 6.17. The highest BCUT2D eigenvalue weighted by Gasteiger charge is 2.49. The van der Waals surface area contributed by atoms with E-state index in [4.69, 9.17) is 0 Å². The zero-order valence-corrected chi connectivity index (χ0v) is 19.7. The van der Waals surface area contributed by atoms with Crippen LogP contribution in [-0.4, -0.2) is 39.7 Å². The van der Waals surface area contributed by atoms with Gasteiger partial charge in [-0.1, -0.05) is 49.8 Å². The number of rotatable bonds is 3. The summed E-state index contributed by atoms with van der Waals surface area (Å²) < 4.78 is 0. The molecular formula is C28H37NO3. The number of hydrogen-bond acceptors (Lipinski definition) is 3. The second-order valence-corrected chi connectivity index (χ2v) is 10.6. The summed E-state index contributed by atoms with van der Waals surface area (Å²) in [5.41, 5.74) is 5.70. The Morgan fingerprint density at radius 3 is 2.53 bits per heavy atom. The first-order valence-corrected chi connectivity index (χ1v) is 12.0. The molecule has 172 valence electrons. The van der Waals surface area contributed by atoms with E-state index in [1.807, 2.05) is 18.2 Å². The van der Waals surface area contributed by atoms with Gasteiger partial charge in [0.25, 0.3) is 0 Å². The van der Waals surface area contributed by atoms with E-state index in [0.717, 1.165) is 60.8 Å². The molecule has 1 aliphatic heterocycles. The number of carbonyl (C=O) groups is 1. The van der Waals surface area contributed by atoms with Crippen LogP contribution in [0.2, 0.25) is 0 Å². The van der Waals surface area contributed by atoms with Crippen LogP contribution in [0.4, 0.5) is 0 Å². The number of benzene rings is 1. The second kappa shape index (κ2) is 8.90. The third-order valence-electron chi connectivity index (χ3n) is 7.93. The van der Waals surface area contributed by atoms with E-state index in [1.54, 1.807) is 12.1 Å². The number of hydrogen-bond donors (Lipinski definition) is 2. The molecule has 3 unspecified atom stereocenters. The van der Waals surface area contributed by atoms with Gasteiger partial charge in [0, 0.05) is 12.1 Å². The highest BCUT2D eigenvalue weighted by molar-refractivity contribution is 5.98. The molecule has 4 rings (SSSR count). The van der Waals surface area contributed by atoms with Gasteiger partial charge in [-0.05, 0) is 86.5 Å². The van der Waals surface area contributed by atoms with Crippen molar-refractivity contribution in [3.63, 3.8) is 0 Å². The lowest BCUT2D eigenvalue weighted by atomic mass is 9.62. The molecular weight excluding hydrogens is 398 g/mol. The van der Waals surface area contributed by atoms with Gasteiger partial charge in [0.05, 0.1) is 12.1 Å². The van der Waals surface area contributed by atoms with Gasteiger partial charge in [-0.25, -0.2) is 0 Å². The summed E-state index contributed by atoms with van der Waals surface area (Å²) in [5, 5.41) is 20.1. The summed E-state index contributed by atoms with van der Waals surface area (Å²) in [4.78, 5) is 15.7. The van der Waals surface area contributed by atoms with Gasteiger partial charge in [-0.15, -0.1) is 0 Å². The summed E-state index contributed by atoms with van der Waals surface area (Å²) in [6.07, 6.45) is 7.50. The van der Waals surface area contributed by atoms with Crippen LogP contribution in [0.25, 0.3) is 0 Å². The standard InChI is InChI=1S/C28H37NO3/c1-18-5-8-21-9-12-24-26(28(21,3)4)25(17-19(2)16-23(31)15-18)29(27(24)32)14-13-20-6-10-22(30)11-7-20/h6-7,10-11,16,21,23,25,30-31H,1,5,8-9,12-15,17H2,2-4H3. The second-order valence-electron chi connectivity index (χ2n) is 10.6. The monoisotopic (exact) mass is 435 g/mol. The number of amides is 1. The van der Waals surface area contributed by atoms with Crippen molar-refractivity contribution in [2.24, 2.45) is 11.3 Å². The van der Waals surface area contributed by atoms with Gasteiger partial charge in [0.1, 0.15) is 5.75 Å². The van der Waals surface area contributed by atoms with E-state index in [1.165, 1.54) is 5.57 Å². The molecule has 0 saturated heterocycles. The third kappa shape index (κ3) is 4.43. The quantitative estimate of drug-likeness (QED) is 0.632. The molecule has 32 heavy (non-hydrogen) atoms. The third-order valence-corrected chi connectivity index (χ3v) is 7.93. The van der Waals surface area contributed by atoms with Crippen molar-refractivity contribution < 1.29 is 15.0 Å². The SMILES string of the molecule is C=C1CCC2CCC3=C(C(CC(C)=CC(O)C1)N(CCc1ccc(O)cc1)C3=O)C2(C)C. The number of aromatic hydroxyl groups is 1. The summed E-state index contributed by atoms with van der Waals surface area (Å²) in [7, 11) is 0. The lowest BCUT2D eigenvalue weighted by molar-refractivity contribution is -0.127. The molecule has 0 aromatic heterocycles. The Kier molecular flexibility index (Phi) is 6.35. The maximum absolute atomic E-state index is 13.6. The van der Waals surface area contributed by atoms with Crippen molar-refractivity contribution in [2.75, 3.05) is 6.54 Å². The van der Waals surface area contributed by atoms with Gasteiger partial charge in [-0.2, -0.15) is 0 Å². The summed E-state index contributed by atoms with van der Waals surface area (Å²) in [6.45, 7) is 11.6. The van der Waals surface area contributed by atoms with Gasteiger partial charge in [-0.3, -0.25) is 4.79 Å². The normalized spacial score (nSPS) is 28.3. The average molecular weight is 436 g/mol. The van der Waals surface area contributed by atoms with E-state index in [9.17, 15) is 15.0 Å². The van der Waals surface area contributed by atoms with Crippen LogP contribution in [0, 0.1) is 11.3 Å². The minimum absolute atomic E-state index is 0.0282. The van der Waals surface area contributed by atoms with E-state index >= 15 is 0 Å². The van der Waals surface area contributed by atoms with Gasteiger partial charge < -0.3 is 15.1 Å². The zero-order chi connectivity index (χ0) is 23.0. The van der Waals surface area contributed by atoms with Crippen molar-refractivity contribution in [3.05, 3.63) is 64.8 Å². The van der Waals surface area contributed by atoms with E-state index in [2.05, 4.69) is 32.3 Å². The molecule has 4 nitrogen and oxygen atoms in total. The Labute approximate surface area is 192 Å². The highest BCUT2D eigenvalue weighted by Crippen LogP contribution is 2.53. The molecule has 0 spiro atoms. The fourth-order valence-electron chi connectivity index (χ4n) is 6.17. The van der Waals surface area contributed by atoms with Crippen LogP contribution in [0.15, 0.2) is 59.2 Å². The Bertz CT molecular complexity index is 953. The zero-order valence-electron chi connectivity index (χ0n) is 19.7. The molecule has 1 heterocycles. The van der Waals surface area contributed by atoms with Crippen molar-refractivity contribution >= 4 is 5.91 Å². The summed E-state index contributed by atoms with van der Waals surface area (Å²) in [5.74, 6) is 0.978. The first kappa shape index (κ1) is 22.8. The first-order chi connectivity index (χ1) is 15.2. The van der Waals surface area contributed by atoms with Crippen molar-refractivity contribution in [1.82, 2.24) is 4.90 Å². The number of fused-ring (bicyclic) bond motifs is 1. The Morgan fingerprint density at radius 2 is 1.81 bits per heavy atom. The minimum Gasteiger partial charge on any atom is -0.508 e. The van der Waals surface area contributed by atoms with E-state index in [-0.39, 0.29) is 23.1 Å². The molecule has 0 fully saturated rings. The van der Waals surface area contributed by atoms with Crippen LogP contribution < -0.4 is 0 Å². The van der Waals surface area contributed by atoms with Crippen LogP contribution >= 0.6 is 0 Å². The molecule has 1 aromatic carbocycles. The summed E-state index contributed by atoms with van der Waals surface area (Å²) in [6, 6.07) is 7.32. The lowest BCUT2D eigenvalue weighted by Crippen LogP contribution is -2.41. The Balaban J connectivity index is 1.67. The molecule has 1 amide bonds. The van der Waals surface area contributed by atoms with Crippen LogP contribution in [0.3, 0.4) is 0 Å². The van der Waals surface area contributed by atoms with Crippen LogP contribution in [-0.2, 0) is 11.2 Å². The van der Waals surface area contributed by atoms with Crippen LogP contribution in [0.5, 0.6) is 5.75 Å². The topological polar surface area (TPSA) is 60.8 Å². The van der Waals surface area contributed by atoms with Gasteiger partial charge >= 0.3 is 0 Å². The smallest absolute Gasteiger partial charge is 0.250 e. The summed E-state index contributed by atoms with van der Waals surface area (Å²) >= 11 is 0. The van der Waals surface area contributed by atoms with Crippen molar-refractivity contribution in [3.8, 4) is 5.75 Å². The number of nitrogens with zero attached hydrogens (tertiary/aromatic N) is 1. The predicted molar refractivity (Wildman–Crippen MR) is 128 cm³/mol. The fraction of sp³-hybridized carbons (Fsp3) is 0.536.